The van der Waals surface area contributed by atoms with Crippen LogP contribution in [0.25, 0.3) is 0 Å². The van der Waals surface area contributed by atoms with Crippen molar-refractivity contribution in [3.63, 3.8) is 0 Å². The number of carbonyl (C=O) groups is 1. The summed E-state index contributed by atoms with van der Waals surface area (Å²) in [5.74, 6) is 1.11. The summed E-state index contributed by atoms with van der Waals surface area (Å²) in [5.41, 5.74) is 0.907. The molecule has 0 atom stereocenters. The minimum Gasteiger partial charge on any atom is -0.490 e. The van der Waals surface area contributed by atoms with Crippen molar-refractivity contribution >= 4 is 50.7 Å². The van der Waals surface area contributed by atoms with Gasteiger partial charge in [-0.25, -0.2) is 0 Å². The van der Waals surface area contributed by atoms with Crippen LogP contribution in [0.4, 0.5) is 5.69 Å². The molecule has 3 aromatic carbocycles. The monoisotopic (exact) mass is 479 g/mol. The summed E-state index contributed by atoms with van der Waals surface area (Å²) < 4.78 is 12.0. The van der Waals surface area contributed by atoms with Gasteiger partial charge in [0.2, 0.25) is 0 Å². The second-order valence-electron chi connectivity index (χ2n) is 5.71. The van der Waals surface area contributed by atoms with Crippen molar-refractivity contribution in [2.45, 2.75) is 0 Å². The van der Waals surface area contributed by atoms with Crippen molar-refractivity contribution in [2.75, 3.05) is 18.5 Å². The molecule has 1 N–H and O–H groups in total. The zero-order valence-electron chi connectivity index (χ0n) is 14.6. The van der Waals surface area contributed by atoms with Crippen molar-refractivity contribution < 1.29 is 14.3 Å². The molecule has 0 saturated heterocycles. The fourth-order valence-corrected chi connectivity index (χ4v) is 3.22. The Morgan fingerprint density at radius 3 is 2.43 bits per heavy atom. The zero-order chi connectivity index (χ0) is 19.9. The first-order chi connectivity index (χ1) is 13.5. The Morgan fingerprint density at radius 2 is 1.68 bits per heavy atom. The number of amides is 1. The maximum Gasteiger partial charge on any atom is 0.255 e. The fourth-order valence-electron chi connectivity index (χ4n) is 2.38. The number of nitrogens with one attached hydrogen (secondary N) is 1. The lowest BCUT2D eigenvalue weighted by molar-refractivity contribution is 0.102. The summed E-state index contributed by atoms with van der Waals surface area (Å²) in [6.07, 6.45) is 0. The van der Waals surface area contributed by atoms with Gasteiger partial charge < -0.3 is 14.8 Å². The Balaban J connectivity index is 1.57. The van der Waals surface area contributed by atoms with Gasteiger partial charge in [0, 0.05) is 5.56 Å². The van der Waals surface area contributed by atoms with Crippen LogP contribution in [-0.2, 0) is 0 Å². The summed E-state index contributed by atoms with van der Waals surface area (Å²) in [7, 11) is 0. The van der Waals surface area contributed by atoms with Crippen molar-refractivity contribution in [2.24, 2.45) is 0 Å². The molecule has 0 aromatic heterocycles. The van der Waals surface area contributed by atoms with E-state index in [0.29, 0.717) is 44.7 Å². The molecular formula is C21H16BrCl2NO3. The number of halogens is 3. The van der Waals surface area contributed by atoms with Crippen LogP contribution in [-0.4, -0.2) is 19.1 Å². The van der Waals surface area contributed by atoms with Gasteiger partial charge in [-0.1, -0.05) is 47.5 Å². The molecule has 144 valence electrons. The fraction of sp³-hybridized carbons (Fsp3) is 0.0952. The summed E-state index contributed by atoms with van der Waals surface area (Å²) in [5, 5.41) is 3.43. The van der Waals surface area contributed by atoms with Gasteiger partial charge in [-0.2, -0.15) is 0 Å². The second-order valence-corrected chi connectivity index (χ2v) is 7.35. The Hall–Kier alpha value is -2.21. The second kappa shape index (κ2) is 9.82. The van der Waals surface area contributed by atoms with Gasteiger partial charge >= 0.3 is 0 Å². The van der Waals surface area contributed by atoms with E-state index in [2.05, 4.69) is 21.2 Å². The first kappa shape index (κ1) is 20.5. The van der Waals surface area contributed by atoms with E-state index in [1.807, 2.05) is 30.3 Å². The largest absolute Gasteiger partial charge is 0.490 e. The number of hydrogen-bond donors (Lipinski definition) is 1. The lowest BCUT2D eigenvalue weighted by atomic mass is 10.2. The van der Waals surface area contributed by atoms with Gasteiger partial charge in [-0.05, 0) is 58.4 Å². The minimum absolute atomic E-state index is 0.301. The predicted octanol–water partition coefficient (Wildman–Crippen LogP) is 6.47. The number of benzene rings is 3. The quantitative estimate of drug-likeness (QED) is 0.394. The summed E-state index contributed by atoms with van der Waals surface area (Å²) in [6.45, 7) is 0.781. The highest BCUT2D eigenvalue weighted by Crippen LogP contribution is 2.31. The van der Waals surface area contributed by atoms with E-state index in [0.717, 1.165) is 5.75 Å². The van der Waals surface area contributed by atoms with Crippen molar-refractivity contribution in [3.05, 3.63) is 86.8 Å². The number of carbonyl (C=O) groups excluding carboxylic acids is 1. The van der Waals surface area contributed by atoms with Crippen LogP contribution in [0.2, 0.25) is 10.0 Å². The summed E-state index contributed by atoms with van der Waals surface area (Å²) >= 11 is 15.5. The average Bonchev–Trinajstić information content (AvgIpc) is 2.70. The van der Waals surface area contributed by atoms with E-state index in [1.165, 1.54) is 0 Å². The van der Waals surface area contributed by atoms with Gasteiger partial charge in [0.05, 0.1) is 20.2 Å². The van der Waals surface area contributed by atoms with Crippen molar-refractivity contribution in [1.29, 1.82) is 0 Å². The topological polar surface area (TPSA) is 47.6 Å². The molecule has 3 aromatic rings. The molecule has 0 fully saturated rings. The molecule has 7 heteroatoms. The highest BCUT2D eigenvalue weighted by molar-refractivity contribution is 9.10. The van der Waals surface area contributed by atoms with Gasteiger partial charge in [0.25, 0.3) is 5.91 Å². The molecule has 28 heavy (non-hydrogen) atoms. The van der Waals surface area contributed by atoms with Crippen LogP contribution in [0.3, 0.4) is 0 Å². The number of anilines is 1. The molecule has 0 bridgehead atoms. The molecule has 0 aliphatic carbocycles. The molecular weight excluding hydrogens is 465 g/mol. The third-order valence-electron chi connectivity index (χ3n) is 3.75. The average molecular weight is 481 g/mol. The van der Waals surface area contributed by atoms with E-state index in [4.69, 9.17) is 32.7 Å². The maximum absolute atomic E-state index is 12.5. The molecule has 0 radical (unpaired) electrons. The molecule has 0 unspecified atom stereocenters. The van der Waals surface area contributed by atoms with E-state index in [9.17, 15) is 4.79 Å². The third-order valence-corrected chi connectivity index (χ3v) is 5.19. The standard InChI is InChI=1S/C21H16BrCl2NO3/c22-16-13-14(21(26)25-18-8-4-7-17(23)20(18)24)9-10-19(16)28-12-11-27-15-5-2-1-3-6-15/h1-10,13H,11-12H2,(H,25,26). The zero-order valence-corrected chi connectivity index (χ0v) is 17.7. The van der Waals surface area contributed by atoms with Crippen LogP contribution in [0.5, 0.6) is 11.5 Å². The number of hydrogen-bond acceptors (Lipinski definition) is 3. The molecule has 0 aliphatic rings. The molecule has 4 nitrogen and oxygen atoms in total. The van der Waals surface area contributed by atoms with Crippen LogP contribution in [0.15, 0.2) is 71.2 Å². The van der Waals surface area contributed by atoms with Crippen LogP contribution in [0, 0.1) is 0 Å². The van der Waals surface area contributed by atoms with E-state index >= 15 is 0 Å². The molecule has 0 aliphatic heterocycles. The normalized spacial score (nSPS) is 10.4. The number of ether oxygens (including phenoxy) is 2. The Bertz CT molecular complexity index is 967. The lowest BCUT2D eigenvalue weighted by Crippen LogP contribution is -2.13. The van der Waals surface area contributed by atoms with Gasteiger partial charge in [0.1, 0.15) is 24.7 Å². The highest BCUT2D eigenvalue weighted by Gasteiger charge is 2.12. The van der Waals surface area contributed by atoms with E-state index in [1.54, 1.807) is 36.4 Å². The molecule has 0 heterocycles. The Morgan fingerprint density at radius 1 is 0.929 bits per heavy atom. The van der Waals surface area contributed by atoms with E-state index in [-0.39, 0.29) is 5.91 Å². The lowest BCUT2D eigenvalue weighted by Gasteiger charge is -2.12. The van der Waals surface area contributed by atoms with Crippen LogP contribution >= 0.6 is 39.1 Å². The third kappa shape index (κ3) is 5.41. The van der Waals surface area contributed by atoms with Gasteiger partial charge in [0.15, 0.2) is 0 Å². The molecule has 0 saturated carbocycles. The molecule has 3 rings (SSSR count). The number of para-hydroxylation sites is 1. The molecule has 1 amide bonds. The van der Waals surface area contributed by atoms with E-state index < -0.39 is 0 Å². The molecule has 0 spiro atoms. The van der Waals surface area contributed by atoms with Crippen LogP contribution in [0.1, 0.15) is 10.4 Å². The SMILES string of the molecule is O=C(Nc1cccc(Cl)c1Cl)c1ccc(OCCOc2ccccc2)c(Br)c1. The Kier molecular flexibility index (Phi) is 7.20. The first-order valence-corrected chi connectivity index (χ1v) is 9.95. The van der Waals surface area contributed by atoms with Gasteiger partial charge in [-0.15, -0.1) is 0 Å². The highest BCUT2D eigenvalue weighted by atomic mass is 79.9. The Labute approximate surface area is 181 Å². The first-order valence-electron chi connectivity index (χ1n) is 8.40. The smallest absolute Gasteiger partial charge is 0.255 e. The summed E-state index contributed by atoms with van der Waals surface area (Å²) in [6, 6.07) is 19.7. The van der Waals surface area contributed by atoms with Crippen molar-refractivity contribution in [1.82, 2.24) is 0 Å². The van der Waals surface area contributed by atoms with Crippen LogP contribution < -0.4 is 14.8 Å². The number of rotatable bonds is 7. The maximum atomic E-state index is 12.5. The minimum atomic E-state index is -0.302. The summed E-state index contributed by atoms with van der Waals surface area (Å²) in [4.78, 5) is 12.5. The van der Waals surface area contributed by atoms with Crippen molar-refractivity contribution in [3.8, 4) is 11.5 Å². The van der Waals surface area contributed by atoms with Gasteiger partial charge in [-0.3, -0.25) is 4.79 Å². The predicted molar refractivity (Wildman–Crippen MR) is 116 cm³/mol.